The summed E-state index contributed by atoms with van der Waals surface area (Å²) in [4.78, 5) is 7.15. The van der Waals surface area contributed by atoms with Gasteiger partial charge in [0.25, 0.3) is 0 Å². The van der Waals surface area contributed by atoms with Crippen molar-refractivity contribution < 1.29 is 0 Å². The van der Waals surface area contributed by atoms with E-state index in [1.807, 2.05) is 24.0 Å². The van der Waals surface area contributed by atoms with Crippen molar-refractivity contribution in [1.82, 2.24) is 4.98 Å². The highest BCUT2D eigenvalue weighted by molar-refractivity contribution is 7.99. The number of thiophene rings is 1. The molecule has 0 saturated carbocycles. The molecule has 3 heterocycles. The number of nitrogens with zero attached hydrogens (tertiary/aromatic N) is 1. The van der Waals surface area contributed by atoms with Crippen LogP contribution in [0.5, 0.6) is 0 Å². The van der Waals surface area contributed by atoms with E-state index in [0.29, 0.717) is 5.25 Å². The quantitative estimate of drug-likeness (QED) is 0.627. The summed E-state index contributed by atoms with van der Waals surface area (Å²) < 4.78 is 0. The van der Waals surface area contributed by atoms with Gasteiger partial charge >= 0.3 is 0 Å². The Morgan fingerprint density at radius 1 is 0.905 bits per heavy atom. The molecule has 0 bridgehead atoms. The number of benzene rings is 1. The number of hydrogen-bond acceptors (Lipinski definition) is 3. The molecule has 3 aromatic rings. The minimum atomic E-state index is 0.347. The van der Waals surface area contributed by atoms with Crippen LogP contribution in [0, 0.1) is 0 Å². The summed E-state index contributed by atoms with van der Waals surface area (Å²) in [7, 11) is 0. The van der Waals surface area contributed by atoms with Crippen molar-refractivity contribution in [3.63, 3.8) is 0 Å². The molecule has 1 aliphatic rings. The Labute approximate surface area is 132 Å². The van der Waals surface area contributed by atoms with Crippen LogP contribution in [-0.2, 0) is 0 Å². The Morgan fingerprint density at radius 3 is 2.62 bits per heavy atom. The van der Waals surface area contributed by atoms with E-state index in [2.05, 4.69) is 65.0 Å². The van der Waals surface area contributed by atoms with E-state index in [1.54, 1.807) is 11.3 Å². The molecule has 3 heteroatoms. The fourth-order valence-electron chi connectivity index (χ4n) is 2.53. The van der Waals surface area contributed by atoms with Crippen LogP contribution >= 0.6 is 23.1 Å². The van der Waals surface area contributed by atoms with Gasteiger partial charge in [0.05, 0.1) is 10.9 Å². The van der Waals surface area contributed by atoms with Crippen LogP contribution in [0.15, 0.2) is 77.1 Å². The first-order valence-corrected chi connectivity index (χ1v) is 8.60. The van der Waals surface area contributed by atoms with Crippen LogP contribution in [-0.4, -0.2) is 4.98 Å². The Bertz CT molecular complexity index is 776. The van der Waals surface area contributed by atoms with Crippen LogP contribution in [0.2, 0.25) is 0 Å². The number of thioether (sulfide) groups is 1. The van der Waals surface area contributed by atoms with Crippen molar-refractivity contribution in [3.05, 3.63) is 88.4 Å². The molecular weight excluding hydrogens is 294 g/mol. The predicted molar refractivity (Wildman–Crippen MR) is 90.7 cm³/mol. The van der Waals surface area contributed by atoms with Crippen LogP contribution in [0.4, 0.5) is 0 Å². The molecule has 0 spiro atoms. The largest absolute Gasteiger partial charge is 0.255 e. The third-order valence-corrected chi connectivity index (χ3v) is 5.66. The van der Waals surface area contributed by atoms with Gasteiger partial charge in [-0.15, -0.1) is 23.1 Å². The van der Waals surface area contributed by atoms with Crippen LogP contribution in [0.1, 0.15) is 21.4 Å². The van der Waals surface area contributed by atoms with Gasteiger partial charge in [0.1, 0.15) is 0 Å². The van der Waals surface area contributed by atoms with E-state index in [-0.39, 0.29) is 0 Å². The van der Waals surface area contributed by atoms with Crippen LogP contribution in [0.25, 0.3) is 5.57 Å². The van der Waals surface area contributed by atoms with Gasteiger partial charge in [-0.2, -0.15) is 0 Å². The van der Waals surface area contributed by atoms with Gasteiger partial charge in [-0.1, -0.05) is 42.5 Å². The maximum Gasteiger partial charge on any atom is 0.0849 e. The zero-order valence-electron chi connectivity index (χ0n) is 11.3. The van der Waals surface area contributed by atoms with Gasteiger partial charge < -0.3 is 0 Å². The smallest absolute Gasteiger partial charge is 0.0849 e. The highest BCUT2D eigenvalue weighted by atomic mass is 32.2. The third-order valence-electron chi connectivity index (χ3n) is 3.51. The van der Waals surface area contributed by atoms with Gasteiger partial charge in [0.15, 0.2) is 0 Å². The van der Waals surface area contributed by atoms with Crippen molar-refractivity contribution in [2.24, 2.45) is 0 Å². The minimum Gasteiger partial charge on any atom is -0.255 e. The lowest BCUT2D eigenvalue weighted by molar-refractivity contribution is 1.13. The summed E-state index contributed by atoms with van der Waals surface area (Å²) >= 11 is 3.65. The van der Waals surface area contributed by atoms with Crippen molar-refractivity contribution in [2.75, 3.05) is 0 Å². The summed E-state index contributed by atoms with van der Waals surface area (Å²) in [6, 6.07) is 19.1. The highest BCUT2D eigenvalue weighted by Crippen LogP contribution is 2.46. The maximum absolute atomic E-state index is 4.60. The first-order chi connectivity index (χ1) is 10.4. The lowest BCUT2D eigenvalue weighted by atomic mass is 10.0. The zero-order chi connectivity index (χ0) is 14.1. The molecule has 1 atom stereocenters. The zero-order valence-corrected chi connectivity index (χ0v) is 12.9. The Kier molecular flexibility index (Phi) is 3.37. The SMILES string of the molecule is C1=C(c2cccs2)c2ncccc2SC1c1ccccc1. The van der Waals surface area contributed by atoms with E-state index in [1.165, 1.54) is 20.9 Å². The molecule has 102 valence electrons. The van der Waals surface area contributed by atoms with E-state index < -0.39 is 0 Å². The minimum absolute atomic E-state index is 0.347. The van der Waals surface area contributed by atoms with Crippen LogP contribution in [0.3, 0.4) is 0 Å². The van der Waals surface area contributed by atoms with E-state index in [4.69, 9.17) is 0 Å². The average Bonchev–Trinajstić information content (AvgIpc) is 3.09. The molecule has 1 nitrogen and oxygen atoms in total. The molecule has 0 radical (unpaired) electrons. The molecule has 0 saturated heterocycles. The molecule has 0 N–H and O–H groups in total. The fourth-order valence-corrected chi connectivity index (χ4v) is 4.48. The normalized spacial score (nSPS) is 17.1. The van der Waals surface area contributed by atoms with Crippen molar-refractivity contribution in [2.45, 2.75) is 10.1 Å². The molecule has 0 amide bonds. The van der Waals surface area contributed by atoms with E-state index in [0.717, 1.165) is 5.69 Å². The molecule has 0 fully saturated rings. The second kappa shape index (κ2) is 5.51. The fraction of sp³-hybridized carbons (Fsp3) is 0.0556. The number of pyridine rings is 1. The second-order valence-corrected chi connectivity index (χ2v) is 6.99. The summed E-state index contributed by atoms with van der Waals surface area (Å²) in [6.45, 7) is 0. The predicted octanol–water partition coefficient (Wildman–Crippen LogP) is 5.42. The van der Waals surface area contributed by atoms with Gasteiger partial charge in [-0.05, 0) is 29.1 Å². The first-order valence-electron chi connectivity index (χ1n) is 6.84. The third kappa shape index (κ3) is 2.43. The summed E-state index contributed by atoms with van der Waals surface area (Å²) in [5.74, 6) is 0. The first kappa shape index (κ1) is 12.9. The number of hydrogen-bond donors (Lipinski definition) is 0. The average molecular weight is 307 g/mol. The molecule has 1 aliphatic heterocycles. The number of fused-ring (bicyclic) bond motifs is 1. The monoisotopic (exact) mass is 307 g/mol. The molecule has 4 rings (SSSR count). The molecular formula is C18H13NS2. The Hall–Kier alpha value is -1.84. The molecule has 1 aromatic carbocycles. The van der Waals surface area contributed by atoms with Gasteiger partial charge in [-0.3, -0.25) is 4.98 Å². The van der Waals surface area contributed by atoms with Gasteiger partial charge in [-0.25, -0.2) is 0 Å². The molecule has 0 aliphatic carbocycles. The topological polar surface area (TPSA) is 12.9 Å². The number of aromatic nitrogens is 1. The highest BCUT2D eigenvalue weighted by Gasteiger charge is 2.23. The Morgan fingerprint density at radius 2 is 1.81 bits per heavy atom. The van der Waals surface area contributed by atoms with Gasteiger partial charge in [0, 0.05) is 21.5 Å². The lowest BCUT2D eigenvalue weighted by Crippen LogP contribution is -2.02. The van der Waals surface area contributed by atoms with Crippen molar-refractivity contribution in [3.8, 4) is 0 Å². The molecule has 21 heavy (non-hydrogen) atoms. The van der Waals surface area contributed by atoms with Gasteiger partial charge in [0.2, 0.25) is 0 Å². The summed E-state index contributed by atoms with van der Waals surface area (Å²) in [5.41, 5.74) is 3.70. The summed E-state index contributed by atoms with van der Waals surface area (Å²) in [6.07, 6.45) is 4.23. The molecule has 2 aromatic heterocycles. The lowest BCUT2D eigenvalue weighted by Gasteiger charge is -2.22. The molecule has 1 unspecified atom stereocenters. The van der Waals surface area contributed by atoms with E-state index >= 15 is 0 Å². The van der Waals surface area contributed by atoms with Crippen LogP contribution < -0.4 is 0 Å². The van der Waals surface area contributed by atoms with Crippen molar-refractivity contribution >= 4 is 28.7 Å². The Balaban J connectivity index is 1.86. The van der Waals surface area contributed by atoms with E-state index in [9.17, 15) is 0 Å². The standard InChI is InChI=1S/C18H13NS2/c1-2-6-13(7-3-1)17-12-14(15-9-5-11-20-15)18-16(21-17)8-4-10-19-18/h1-12,17H. The second-order valence-electron chi connectivity index (χ2n) is 4.86. The number of rotatable bonds is 2. The summed E-state index contributed by atoms with van der Waals surface area (Å²) in [5, 5.41) is 2.47. The van der Waals surface area contributed by atoms with Crippen molar-refractivity contribution in [1.29, 1.82) is 0 Å². The maximum atomic E-state index is 4.60.